The van der Waals surface area contributed by atoms with Crippen molar-refractivity contribution >= 4 is 11.5 Å². The normalized spacial score (nSPS) is 18.9. The van der Waals surface area contributed by atoms with Gasteiger partial charge in [-0.15, -0.1) is 13.2 Å². The Morgan fingerprint density at radius 1 is 1.42 bits per heavy atom. The number of aromatic nitrogens is 3. The molecular weight excluding hydrogens is 236 g/mol. The molecule has 1 atom stereocenters. The number of anilines is 1. The van der Waals surface area contributed by atoms with Gasteiger partial charge < -0.3 is 4.90 Å². The molecule has 0 N–H and O–H groups in total. The number of allylic oxidation sites excluding steroid dienone is 1. The van der Waals surface area contributed by atoms with Gasteiger partial charge in [-0.25, -0.2) is 9.50 Å². The van der Waals surface area contributed by atoms with Gasteiger partial charge in [0.05, 0.1) is 6.20 Å². The molecule has 19 heavy (non-hydrogen) atoms. The zero-order chi connectivity index (χ0) is 13.2. The Hall–Kier alpha value is -2.10. The maximum atomic E-state index is 4.76. The first kappa shape index (κ1) is 12.0. The average molecular weight is 254 g/mol. The van der Waals surface area contributed by atoms with E-state index in [0.717, 1.165) is 36.4 Å². The van der Waals surface area contributed by atoms with Gasteiger partial charge >= 0.3 is 0 Å². The number of nitrogens with zero attached hydrogens (tertiary/aromatic N) is 4. The van der Waals surface area contributed by atoms with Gasteiger partial charge in [0.1, 0.15) is 5.82 Å². The third kappa shape index (κ3) is 2.03. The van der Waals surface area contributed by atoms with Crippen molar-refractivity contribution in [1.29, 1.82) is 0 Å². The first-order chi connectivity index (χ1) is 9.33. The molecule has 3 rings (SSSR count). The minimum Gasteiger partial charge on any atom is -0.350 e. The highest BCUT2D eigenvalue weighted by Crippen LogP contribution is 2.25. The van der Waals surface area contributed by atoms with Gasteiger partial charge in [0.15, 0.2) is 5.65 Å². The highest BCUT2D eigenvalue weighted by Gasteiger charge is 2.23. The lowest BCUT2D eigenvalue weighted by Crippen LogP contribution is -2.28. The summed E-state index contributed by atoms with van der Waals surface area (Å²) in [5.41, 5.74) is 2.04. The summed E-state index contributed by atoms with van der Waals surface area (Å²) in [5.74, 6) is 1.01. The second kappa shape index (κ2) is 4.88. The first-order valence-electron chi connectivity index (χ1n) is 6.67. The zero-order valence-electron chi connectivity index (χ0n) is 11.0. The van der Waals surface area contributed by atoms with Gasteiger partial charge in [0, 0.05) is 24.3 Å². The molecule has 2 aromatic rings. The predicted molar refractivity (Wildman–Crippen MR) is 77.5 cm³/mol. The quantitative estimate of drug-likeness (QED) is 0.786. The SMILES string of the molecule is C=CCc1cnn2ccc(N3CCC[C@@H]3C=C)nc12. The summed E-state index contributed by atoms with van der Waals surface area (Å²) in [6.07, 6.45) is 10.9. The first-order valence-corrected chi connectivity index (χ1v) is 6.67. The topological polar surface area (TPSA) is 33.4 Å². The molecule has 0 saturated carbocycles. The van der Waals surface area contributed by atoms with Crippen LogP contribution in [0.15, 0.2) is 43.8 Å². The second-order valence-electron chi connectivity index (χ2n) is 4.86. The largest absolute Gasteiger partial charge is 0.350 e. The predicted octanol–water partition coefficient (Wildman–Crippen LogP) is 2.61. The van der Waals surface area contributed by atoms with Crippen LogP contribution >= 0.6 is 0 Å². The molecule has 1 aliphatic heterocycles. The van der Waals surface area contributed by atoms with Crippen molar-refractivity contribution < 1.29 is 0 Å². The van der Waals surface area contributed by atoms with Crippen molar-refractivity contribution in [2.45, 2.75) is 25.3 Å². The lowest BCUT2D eigenvalue weighted by Gasteiger charge is -2.23. The van der Waals surface area contributed by atoms with Gasteiger partial charge in [0.25, 0.3) is 0 Å². The van der Waals surface area contributed by atoms with Crippen LogP contribution in [0.5, 0.6) is 0 Å². The van der Waals surface area contributed by atoms with Crippen molar-refractivity contribution in [3.63, 3.8) is 0 Å². The number of hydrogen-bond acceptors (Lipinski definition) is 3. The summed E-state index contributed by atoms with van der Waals surface area (Å²) >= 11 is 0. The van der Waals surface area contributed by atoms with Gasteiger partial charge in [-0.3, -0.25) is 0 Å². The van der Waals surface area contributed by atoms with E-state index in [0.29, 0.717) is 6.04 Å². The molecule has 4 heteroatoms. The van der Waals surface area contributed by atoms with Crippen LogP contribution in [0.25, 0.3) is 5.65 Å². The van der Waals surface area contributed by atoms with Gasteiger partial charge in [-0.05, 0) is 25.3 Å². The Morgan fingerprint density at radius 2 is 2.32 bits per heavy atom. The Morgan fingerprint density at radius 3 is 3.11 bits per heavy atom. The van der Waals surface area contributed by atoms with E-state index in [9.17, 15) is 0 Å². The summed E-state index contributed by atoms with van der Waals surface area (Å²) in [6, 6.07) is 2.43. The summed E-state index contributed by atoms with van der Waals surface area (Å²) in [5, 5.41) is 4.31. The van der Waals surface area contributed by atoms with Crippen LogP contribution in [0.4, 0.5) is 5.82 Å². The van der Waals surface area contributed by atoms with Crippen LogP contribution in [0, 0.1) is 0 Å². The van der Waals surface area contributed by atoms with Crippen molar-refractivity contribution in [2.75, 3.05) is 11.4 Å². The molecule has 0 aromatic carbocycles. The molecular formula is C15H18N4. The molecule has 1 saturated heterocycles. The highest BCUT2D eigenvalue weighted by molar-refractivity contribution is 5.54. The molecule has 1 aliphatic rings. The summed E-state index contributed by atoms with van der Waals surface area (Å²) < 4.78 is 1.82. The van der Waals surface area contributed by atoms with Gasteiger partial charge in [-0.1, -0.05) is 12.2 Å². The monoisotopic (exact) mass is 254 g/mol. The highest BCUT2D eigenvalue weighted by atomic mass is 15.3. The van der Waals surface area contributed by atoms with Crippen LogP contribution in [0.3, 0.4) is 0 Å². The van der Waals surface area contributed by atoms with E-state index < -0.39 is 0 Å². The molecule has 98 valence electrons. The van der Waals surface area contributed by atoms with E-state index in [1.165, 1.54) is 6.42 Å². The number of hydrogen-bond donors (Lipinski definition) is 0. The minimum absolute atomic E-state index is 0.403. The molecule has 0 unspecified atom stereocenters. The van der Waals surface area contributed by atoms with Crippen molar-refractivity contribution in [1.82, 2.24) is 14.6 Å². The standard InChI is InChI=1S/C15H18N4/c1-3-6-12-11-16-19-10-8-14(17-15(12)19)18-9-5-7-13(18)4-2/h3-4,8,10-11,13H,1-2,5-7,9H2/t13-/m0/s1. The fourth-order valence-corrected chi connectivity index (χ4v) is 2.69. The van der Waals surface area contributed by atoms with E-state index in [4.69, 9.17) is 4.98 Å². The van der Waals surface area contributed by atoms with E-state index in [-0.39, 0.29) is 0 Å². The van der Waals surface area contributed by atoms with Crippen LogP contribution in [-0.4, -0.2) is 27.2 Å². The third-order valence-electron chi connectivity index (χ3n) is 3.66. The molecule has 0 radical (unpaired) electrons. The average Bonchev–Trinajstić information content (AvgIpc) is 3.05. The molecule has 0 bridgehead atoms. The molecule has 1 fully saturated rings. The van der Waals surface area contributed by atoms with E-state index in [2.05, 4.69) is 23.2 Å². The van der Waals surface area contributed by atoms with Crippen LogP contribution in [-0.2, 0) is 6.42 Å². The lowest BCUT2D eigenvalue weighted by molar-refractivity contribution is 0.793. The van der Waals surface area contributed by atoms with Gasteiger partial charge in [0.2, 0.25) is 0 Å². The van der Waals surface area contributed by atoms with E-state index >= 15 is 0 Å². The minimum atomic E-state index is 0.403. The maximum absolute atomic E-state index is 4.76. The summed E-state index contributed by atoms with van der Waals surface area (Å²) in [6.45, 7) is 8.74. The number of rotatable bonds is 4. The number of fused-ring (bicyclic) bond motifs is 1. The smallest absolute Gasteiger partial charge is 0.160 e. The van der Waals surface area contributed by atoms with Crippen molar-refractivity contribution in [3.05, 3.63) is 49.3 Å². The van der Waals surface area contributed by atoms with Crippen LogP contribution in [0.2, 0.25) is 0 Å². The third-order valence-corrected chi connectivity index (χ3v) is 3.66. The van der Waals surface area contributed by atoms with Crippen LogP contribution in [0.1, 0.15) is 18.4 Å². The van der Waals surface area contributed by atoms with E-state index in [1.54, 1.807) is 0 Å². The molecule has 2 aromatic heterocycles. The molecule has 0 amide bonds. The molecule has 4 nitrogen and oxygen atoms in total. The van der Waals surface area contributed by atoms with Crippen molar-refractivity contribution in [2.24, 2.45) is 0 Å². The van der Waals surface area contributed by atoms with Crippen LogP contribution < -0.4 is 4.90 Å². The molecule has 3 heterocycles. The molecule has 0 spiro atoms. The fourth-order valence-electron chi connectivity index (χ4n) is 2.69. The Labute approximate surface area is 113 Å². The Bertz CT molecular complexity index is 614. The molecule has 0 aliphatic carbocycles. The zero-order valence-corrected chi connectivity index (χ0v) is 11.0. The Balaban J connectivity index is 2.02. The lowest BCUT2D eigenvalue weighted by atomic mass is 10.2. The fraction of sp³-hybridized carbons (Fsp3) is 0.333. The van der Waals surface area contributed by atoms with E-state index in [1.807, 2.05) is 35.1 Å². The van der Waals surface area contributed by atoms with Crippen molar-refractivity contribution in [3.8, 4) is 0 Å². The van der Waals surface area contributed by atoms with Gasteiger partial charge in [-0.2, -0.15) is 5.10 Å². The second-order valence-corrected chi connectivity index (χ2v) is 4.86. The summed E-state index contributed by atoms with van der Waals surface area (Å²) in [4.78, 5) is 7.08. The summed E-state index contributed by atoms with van der Waals surface area (Å²) in [7, 11) is 0. The maximum Gasteiger partial charge on any atom is 0.160 e. The Kier molecular flexibility index (Phi) is 3.07.